The van der Waals surface area contributed by atoms with Gasteiger partial charge in [0.2, 0.25) is 0 Å². The SMILES string of the molecule is c1csc(-c2ccc(-c3cc4c(s3)c3cc(-c5ccc(-c6cccs6)s5)sc3c3cc(-c5ccc(-c6cccs6)s5)sc43)s2)c1. The molecule has 9 heterocycles. The van der Waals surface area contributed by atoms with Crippen molar-refractivity contribution in [2.75, 3.05) is 0 Å². The average Bonchev–Trinajstić information content (AvgIpc) is 3.93. The summed E-state index contributed by atoms with van der Waals surface area (Å²) in [6.45, 7) is 0. The van der Waals surface area contributed by atoms with Crippen LogP contribution in [0.25, 0.3) is 88.8 Å². The first-order valence-corrected chi connectivity index (χ1v) is 21.6. The van der Waals surface area contributed by atoms with Gasteiger partial charge in [-0.1, -0.05) is 18.2 Å². The molecule has 0 N–H and O–H groups in total. The van der Waals surface area contributed by atoms with Gasteiger partial charge in [-0.15, -0.1) is 102 Å². The predicted molar refractivity (Wildman–Crippen MR) is 212 cm³/mol. The second-order valence-corrected chi connectivity index (χ2v) is 19.7. The highest BCUT2D eigenvalue weighted by molar-refractivity contribution is 7.33. The molecule has 0 aliphatic carbocycles. The Morgan fingerprint density at radius 3 is 0.822 bits per heavy atom. The number of thiophene rings is 9. The lowest BCUT2D eigenvalue weighted by atomic mass is 10.1. The molecule has 1 aromatic carbocycles. The Bertz CT molecular complexity index is 2200. The van der Waals surface area contributed by atoms with Crippen LogP contribution in [0.4, 0.5) is 0 Å². The van der Waals surface area contributed by atoms with Crippen molar-refractivity contribution < 1.29 is 0 Å². The minimum absolute atomic E-state index is 1.35. The summed E-state index contributed by atoms with van der Waals surface area (Å²) in [5.41, 5.74) is 0. The zero-order valence-electron chi connectivity index (χ0n) is 23.1. The zero-order valence-corrected chi connectivity index (χ0v) is 30.4. The molecular formula is C36H18S9. The highest BCUT2D eigenvalue weighted by atomic mass is 32.1. The normalized spacial score (nSPS) is 12.0. The van der Waals surface area contributed by atoms with Gasteiger partial charge in [-0.05, 0) is 88.9 Å². The van der Waals surface area contributed by atoms with Crippen LogP contribution in [-0.2, 0) is 0 Å². The van der Waals surface area contributed by atoms with E-state index in [-0.39, 0.29) is 0 Å². The van der Waals surface area contributed by atoms with E-state index in [0.29, 0.717) is 0 Å². The second-order valence-electron chi connectivity index (χ2n) is 10.5. The van der Waals surface area contributed by atoms with Gasteiger partial charge in [-0.2, -0.15) is 0 Å². The Labute approximate surface area is 295 Å². The second kappa shape index (κ2) is 10.9. The minimum atomic E-state index is 1.35. The highest BCUT2D eigenvalue weighted by Crippen LogP contribution is 2.53. The van der Waals surface area contributed by atoms with Gasteiger partial charge in [0.15, 0.2) is 0 Å². The van der Waals surface area contributed by atoms with Gasteiger partial charge in [0.05, 0.1) is 0 Å². The number of fused-ring (bicyclic) bond motifs is 6. The molecule has 0 radical (unpaired) electrons. The lowest BCUT2D eigenvalue weighted by molar-refractivity contribution is 1.92. The Kier molecular flexibility index (Phi) is 6.67. The number of hydrogen-bond donors (Lipinski definition) is 0. The van der Waals surface area contributed by atoms with Crippen LogP contribution in [0.5, 0.6) is 0 Å². The van der Waals surface area contributed by atoms with Crippen LogP contribution >= 0.6 is 102 Å². The van der Waals surface area contributed by atoms with Gasteiger partial charge in [0, 0.05) is 88.8 Å². The molecule has 0 nitrogen and oxygen atoms in total. The van der Waals surface area contributed by atoms with E-state index in [1.807, 2.05) is 102 Å². The molecule has 0 saturated carbocycles. The van der Waals surface area contributed by atoms with Crippen LogP contribution in [0.15, 0.2) is 107 Å². The topological polar surface area (TPSA) is 0 Å². The first-order valence-electron chi connectivity index (χ1n) is 14.1. The highest BCUT2D eigenvalue weighted by Gasteiger charge is 2.21. The van der Waals surface area contributed by atoms with E-state index in [4.69, 9.17) is 0 Å². The molecule has 9 heteroatoms. The molecular weight excluding hydrogens is 721 g/mol. The number of hydrogen-bond acceptors (Lipinski definition) is 9. The Morgan fingerprint density at radius 1 is 0.267 bits per heavy atom. The smallest absolute Gasteiger partial charge is 0.0456 e. The largest absolute Gasteiger partial charge is 0.143 e. The van der Waals surface area contributed by atoms with Crippen molar-refractivity contribution in [3.05, 3.63) is 107 Å². The first kappa shape index (κ1) is 27.4. The molecule has 45 heavy (non-hydrogen) atoms. The predicted octanol–water partition coefficient (Wildman–Crippen LogP) is 15.7. The van der Waals surface area contributed by atoms with Gasteiger partial charge in [0.1, 0.15) is 0 Å². The minimum Gasteiger partial charge on any atom is -0.143 e. The van der Waals surface area contributed by atoms with Crippen molar-refractivity contribution in [3.8, 4) is 58.5 Å². The van der Waals surface area contributed by atoms with Gasteiger partial charge in [0.25, 0.3) is 0 Å². The maximum absolute atomic E-state index is 2.47. The summed E-state index contributed by atoms with van der Waals surface area (Å²) < 4.78 is 4.24. The summed E-state index contributed by atoms with van der Waals surface area (Å²) in [6.07, 6.45) is 0. The lowest BCUT2D eigenvalue weighted by Gasteiger charge is -1.96. The summed E-state index contributed by atoms with van der Waals surface area (Å²) in [4.78, 5) is 16.2. The first-order chi connectivity index (χ1) is 22.2. The molecule has 0 spiro atoms. The third kappa shape index (κ3) is 4.64. The van der Waals surface area contributed by atoms with Gasteiger partial charge in [-0.3, -0.25) is 0 Å². The van der Waals surface area contributed by atoms with Crippen LogP contribution < -0.4 is 0 Å². The van der Waals surface area contributed by atoms with Crippen molar-refractivity contribution in [2.45, 2.75) is 0 Å². The summed E-state index contributed by atoms with van der Waals surface area (Å²) in [5, 5.41) is 10.7. The van der Waals surface area contributed by atoms with E-state index in [9.17, 15) is 0 Å². The van der Waals surface area contributed by atoms with Gasteiger partial charge < -0.3 is 0 Å². The summed E-state index contributed by atoms with van der Waals surface area (Å²) >= 11 is 17.1. The molecule has 0 saturated heterocycles. The van der Waals surface area contributed by atoms with Crippen molar-refractivity contribution in [1.82, 2.24) is 0 Å². The van der Waals surface area contributed by atoms with Crippen LogP contribution in [0.2, 0.25) is 0 Å². The summed E-state index contributed by atoms with van der Waals surface area (Å²) in [5.74, 6) is 0. The quantitative estimate of drug-likeness (QED) is 0.159. The van der Waals surface area contributed by atoms with E-state index < -0.39 is 0 Å². The van der Waals surface area contributed by atoms with Crippen molar-refractivity contribution in [1.29, 1.82) is 0 Å². The molecule has 0 aliphatic heterocycles. The van der Waals surface area contributed by atoms with Crippen LogP contribution in [0.3, 0.4) is 0 Å². The Hall–Kier alpha value is -2.70. The molecule has 0 bridgehead atoms. The van der Waals surface area contributed by atoms with Gasteiger partial charge >= 0.3 is 0 Å². The van der Waals surface area contributed by atoms with Crippen LogP contribution in [0.1, 0.15) is 0 Å². The van der Waals surface area contributed by atoms with Crippen LogP contribution in [-0.4, -0.2) is 0 Å². The van der Waals surface area contributed by atoms with Crippen molar-refractivity contribution >= 4 is 132 Å². The molecule has 0 atom stereocenters. The monoisotopic (exact) mass is 738 g/mol. The Morgan fingerprint density at radius 2 is 0.556 bits per heavy atom. The molecule has 0 unspecified atom stereocenters. The lowest BCUT2D eigenvalue weighted by Crippen LogP contribution is -1.67. The molecule has 10 aromatic rings. The van der Waals surface area contributed by atoms with E-state index in [2.05, 4.69) is 107 Å². The molecule has 0 aliphatic rings. The van der Waals surface area contributed by atoms with E-state index >= 15 is 0 Å². The van der Waals surface area contributed by atoms with Crippen molar-refractivity contribution in [2.24, 2.45) is 0 Å². The fraction of sp³-hybridized carbons (Fsp3) is 0. The maximum atomic E-state index is 2.47. The number of rotatable bonds is 6. The average molecular weight is 739 g/mol. The molecule has 9 aromatic heterocycles. The van der Waals surface area contributed by atoms with E-state index in [0.717, 1.165) is 0 Å². The molecule has 10 rings (SSSR count). The van der Waals surface area contributed by atoms with Gasteiger partial charge in [-0.25, -0.2) is 0 Å². The zero-order chi connectivity index (χ0) is 29.5. The maximum Gasteiger partial charge on any atom is 0.0456 e. The number of benzene rings is 1. The molecule has 0 amide bonds. The van der Waals surface area contributed by atoms with Crippen LogP contribution in [0, 0.1) is 0 Å². The molecule has 0 fully saturated rings. The summed E-state index contributed by atoms with van der Waals surface area (Å²) in [7, 11) is 0. The van der Waals surface area contributed by atoms with E-state index in [1.165, 1.54) is 88.8 Å². The molecule has 216 valence electrons. The third-order valence-corrected chi connectivity index (χ3v) is 18.3. The van der Waals surface area contributed by atoms with E-state index in [1.54, 1.807) is 0 Å². The fourth-order valence-corrected chi connectivity index (χ4v) is 15.2. The fourth-order valence-electron chi connectivity index (χ4n) is 5.71. The summed E-state index contributed by atoms with van der Waals surface area (Å²) in [6, 6.07) is 34.3. The third-order valence-electron chi connectivity index (χ3n) is 7.77. The Balaban J connectivity index is 1.17. The van der Waals surface area contributed by atoms with Crippen molar-refractivity contribution in [3.63, 3.8) is 0 Å². The standard InChI is InChI=1S/C36H18S9/c1-4-22(37-13-1)25-7-10-28(40-25)31-16-19-34(43-31)20-17-32(29-11-8-26(41-29)23-5-2-14-38-23)45-36(20)21-18-33(44-35(19)21)30-12-9-27(42-30)24-6-3-15-39-24/h1-18H.